The lowest BCUT2D eigenvalue weighted by Crippen LogP contribution is -2.31. The zero-order valence-electron chi connectivity index (χ0n) is 19.8. The number of Topliss-reactive ketones (excluding diaryl/α,β-unsaturated/α-hetero) is 1. The number of methoxy groups -OCH3 is 3. The molecule has 0 aromatic heterocycles. The van der Waals surface area contributed by atoms with E-state index in [0.29, 0.717) is 42.1 Å². The Kier molecular flexibility index (Phi) is 6.79. The molecule has 34 heavy (non-hydrogen) atoms. The molecule has 0 aliphatic carbocycles. The Morgan fingerprint density at radius 2 is 1.91 bits per heavy atom. The zero-order valence-corrected chi connectivity index (χ0v) is 19.8. The first-order chi connectivity index (χ1) is 16.4. The number of hydrogen-bond donors (Lipinski definition) is 1. The van der Waals surface area contributed by atoms with Crippen LogP contribution in [0.1, 0.15) is 36.1 Å². The van der Waals surface area contributed by atoms with E-state index in [4.69, 9.17) is 18.9 Å². The lowest BCUT2D eigenvalue weighted by atomic mass is 9.93. The predicted molar refractivity (Wildman–Crippen MR) is 125 cm³/mol. The number of ketones is 1. The van der Waals surface area contributed by atoms with E-state index in [0.717, 1.165) is 11.3 Å². The number of amides is 1. The molecule has 1 fully saturated rings. The molecule has 0 spiro atoms. The number of carbonyl (C=O) groups excluding carboxylic acids is 2. The van der Waals surface area contributed by atoms with Crippen molar-refractivity contribution in [2.45, 2.75) is 31.9 Å². The number of benzene rings is 2. The van der Waals surface area contributed by atoms with Crippen LogP contribution in [0.25, 0.3) is 5.76 Å². The third-order valence-corrected chi connectivity index (χ3v) is 6.19. The van der Waals surface area contributed by atoms with Crippen LogP contribution in [0.5, 0.6) is 17.2 Å². The van der Waals surface area contributed by atoms with Crippen LogP contribution in [-0.4, -0.2) is 62.3 Å². The third kappa shape index (κ3) is 4.21. The number of fused-ring (bicyclic) bond motifs is 1. The maximum atomic E-state index is 13.2. The summed E-state index contributed by atoms with van der Waals surface area (Å²) in [6.45, 7) is 2.68. The molecule has 0 bridgehead atoms. The molecule has 1 N–H and O–H groups in total. The number of nitrogens with zero attached hydrogens (tertiary/aromatic N) is 1. The van der Waals surface area contributed by atoms with E-state index in [-0.39, 0.29) is 24.0 Å². The Labute approximate surface area is 198 Å². The van der Waals surface area contributed by atoms with E-state index in [2.05, 4.69) is 0 Å². The Hall–Kier alpha value is -3.52. The number of rotatable bonds is 8. The predicted octanol–water partition coefficient (Wildman–Crippen LogP) is 3.49. The SMILES string of the molecule is COCCCN1C(=O)C(=O)C(=C(O)c2ccc3c(c2)CC(C)O3)C1c1ccc(OC)cc1OC. The topological polar surface area (TPSA) is 94.5 Å². The number of carbonyl (C=O) groups is 2. The van der Waals surface area contributed by atoms with Gasteiger partial charge in [-0.2, -0.15) is 0 Å². The lowest BCUT2D eigenvalue weighted by Gasteiger charge is -2.26. The Bertz CT molecular complexity index is 1140. The van der Waals surface area contributed by atoms with Gasteiger partial charge in [0, 0.05) is 43.9 Å². The summed E-state index contributed by atoms with van der Waals surface area (Å²) in [4.78, 5) is 27.8. The van der Waals surface area contributed by atoms with Crippen LogP contribution in [0, 0.1) is 0 Å². The molecule has 8 nitrogen and oxygen atoms in total. The zero-order chi connectivity index (χ0) is 24.4. The van der Waals surface area contributed by atoms with Crippen molar-refractivity contribution >= 4 is 17.4 Å². The summed E-state index contributed by atoms with van der Waals surface area (Å²) in [5, 5.41) is 11.3. The van der Waals surface area contributed by atoms with Crippen molar-refractivity contribution < 1.29 is 33.6 Å². The molecule has 0 radical (unpaired) electrons. The molecule has 4 rings (SSSR count). The number of likely N-dealkylation sites (tertiary alicyclic amines) is 1. The minimum atomic E-state index is -0.818. The molecule has 2 aliphatic heterocycles. The van der Waals surface area contributed by atoms with Crippen LogP contribution >= 0.6 is 0 Å². The van der Waals surface area contributed by atoms with Gasteiger partial charge in [-0.1, -0.05) is 0 Å². The maximum Gasteiger partial charge on any atom is 0.295 e. The highest BCUT2D eigenvalue weighted by atomic mass is 16.5. The first-order valence-corrected chi connectivity index (χ1v) is 11.2. The van der Waals surface area contributed by atoms with Crippen molar-refractivity contribution in [3.8, 4) is 17.2 Å². The molecule has 0 saturated carbocycles. The van der Waals surface area contributed by atoms with Crippen LogP contribution < -0.4 is 14.2 Å². The summed E-state index contributed by atoms with van der Waals surface area (Å²) in [6, 6.07) is 9.66. The Balaban J connectivity index is 1.85. The average Bonchev–Trinajstić information content (AvgIpc) is 3.34. The molecule has 2 heterocycles. The van der Waals surface area contributed by atoms with Crippen molar-refractivity contribution in [1.29, 1.82) is 0 Å². The summed E-state index contributed by atoms with van der Waals surface area (Å²) in [5.41, 5.74) is 2.02. The molecule has 2 aromatic rings. The summed E-state index contributed by atoms with van der Waals surface area (Å²) in [7, 11) is 4.64. The number of aliphatic hydroxyl groups excluding tert-OH is 1. The van der Waals surface area contributed by atoms with Gasteiger partial charge in [-0.25, -0.2) is 0 Å². The van der Waals surface area contributed by atoms with Gasteiger partial charge in [-0.3, -0.25) is 9.59 Å². The van der Waals surface area contributed by atoms with E-state index >= 15 is 0 Å². The van der Waals surface area contributed by atoms with Gasteiger partial charge in [0.05, 0.1) is 25.8 Å². The molecule has 2 unspecified atom stereocenters. The minimum Gasteiger partial charge on any atom is -0.507 e. The van der Waals surface area contributed by atoms with Crippen LogP contribution in [0.4, 0.5) is 0 Å². The van der Waals surface area contributed by atoms with Crippen LogP contribution in [0.15, 0.2) is 42.0 Å². The fourth-order valence-electron chi connectivity index (χ4n) is 4.58. The van der Waals surface area contributed by atoms with Gasteiger partial charge in [-0.05, 0) is 49.2 Å². The van der Waals surface area contributed by atoms with Crippen molar-refractivity contribution in [1.82, 2.24) is 4.90 Å². The van der Waals surface area contributed by atoms with Gasteiger partial charge in [0.1, 0.15) is 29.1 Å². The molecular weight excluding hydrogens is 438 g/mol. The van der Waals surface area contributed by atoms with E-state index < -0.39 is 17.7 Å². The summed E-state index contributed by atoms with van der Waals surface area (Å²) < 4.78 is 21.8. The van der Waals surface area contributed by atoms with Crippen LogP contribution in [0.3, 0.4) is 0 Å². The van der Waals surface area contributed by atoms with Crippen LogP contribution in [0.2, 0.25) is 0 Å². The molecule has 2 aliphatic rings. The number of hydrogen-bond acceptors (Lipinski definition) is 7. The highest BCUT2D eigenvalue weighted by molar-refractivity contribution is 6.46. The smallest absolute Gasteiger partial charge is 0.295 e. The molecule has 1 amide bonds. The second-order valence-electron chi connectivity index (χ2n) is 8.40. The van der Waals surface area contributed by atoms with Gasteiger partial charge in [0.15, 0.2) is 0 Å². The first-order valence-electron chi connectivity index (χ1n) is 11.2. The first kappa shape index (κ1) is 23.6. The summed E-state index contributed by atoms with van der Waals surface area (Å²) in [6.07, 6.45) is 1.28. The summed E-state index contributed by atoms with van der Waals surface area (Å²) in [5.74, 6) is 0.159. The Morgan fingerprint density at radius 1 is 1.12 bits per heavy atom. The second kappa shape index (κ2) is 9.77. The maximum absolute atomic E-state index is 13.2. The van der Waals surface area contributed by atoms with E-state index in [1.807, 2.05) is 13.0 Å². The fourth-order valence-corrected chi connectivity index (χ4v) is 4.58. The largest absolute Gasteiger partial charge is 0.507 e. The number of ether oxygens (including phenoxy) is 4. The molecule has 2 atom stereocenters. The van der Waals surface area contributed by atoms with Crippen molar-refractivity contribution in [2.24, 2.45) is 0 Å². The average molecular weight is 468 g/mol. The lowest BCUT2D eigenvalue weighted by molar-refractivity contribution is -0.140. The normalized spacial score (nSPS) is 20.9. The standard InChI is InChI=1S/C26H29NO7/c1-15-12-17-13-16(6-9-20(17)34-15)24(28)22-23(19-8-7-18(32-3)14-21(19)33-4)27(10-5-11-31-2)26(30)25(22)29/h6-9,13-15,23,28H,5,10-12H2,1-4H3. The summed E-state index contributed by atoms with van der Waals surface area (Å²) >= 11 is 0. The molecule has 2 aromatic carbocycles. The van der Waals surface area contributed by atoms with E-state index in [1.165, 1.54) is 12.0 Å². The molecule has 1 saturated heterocycles. The van der Waals surface area contributed by atoms with E-state index in [1.54, 1.807) is 44.6 Å². The minimum absolute atomic E-state index is 0.0257. The molecule has 180 valence electrons. The van der Waals surface area contributed by atoms with Gasteiger partial charge in [-0.15, -0.1) is 0 Å². The van der Waals surface area contributed by atoms with Crippen molar-refractivity contribution in [2.75, 3.05) is 34.5 Å². The van der Waals surface area contributed by atoms with Crippen molar-refractivity contribution in [3.05, 3.63) is 58.7 Å². The fraction of sp³-hybridized carbons (Fsp3) is 0.385. The molecular formula is C26H29NO7. The van der Waals surface area contributed by atoms with Gasteiger partial charge >= 0.3 is 0 Å². The van der Waals surface area contributed by atoms with Crippen LogP contribution in [-0.2, 0) is 20.7 Å². The third-order valence-electron chi connectivity index (χ3n) is 6.19. The Morgan fingerprint density at radius 3 is 2.62 bits per heavy atom. The van der Waals surface area contributed by atoms with Gasteiger partial charge < -0.3 is 29.0 Å². The molecule has 8 heteroatoms. The van der Waals surface area contributed by atoms with Crippen molar-refractivity contribution in [3.63, 3.8) is 0 Å². The highest BCUT2D eigenvalue weighted by Crippen LogP contribution is 2.44. The second-order valence-corrected chi connectivity index (χ2v) is 8.40. The quantitative estimate of drug-likeness (QED) is 0.275. The number of aliphatic hydroxyl groups is 1. The monoisotopic (exact) mass is 467 g/mol. The highest BCUT2D eigenvalue weighted by Gasteiger charge is 2.47. The van der Waals surface area contributed by atoms with Gasteiger partial charge in [0.25, 0.3) is 11.7 Å². The van der Waals surface area contributed by atoms with E-state index in [9.17, 15) is 14.7 Å². The van der Waals surface area contributed by atoms with Gasteiger partial charge in [0.2, 0.25) is 0 Å².